The molecule has 126 valence electrons. The van der Waals surface area contributed by atoms with E-state index in [-0.39, 0.29) is 5.30 Å². The van der Waals surface area contributed by atoms with Gasteiger partial charge in [-0.15, -0.1) is 0 Å². The zero-order chi connectivity index (χ0) is 17.6. The Kier molecular flexibility index (Phi) is 3.65. The van der Waals surface area contributed by atoms with Crippen LogP contribution in [0.4, 0.5) is 0 Å². The van der Waals surface area contributed by atoms with Gasteiger partial charge in [-0.3, -0.25) is 4.57 Å². The van der Waals surface area contributed by atoms with Crippen molar-refractivity contribution in [2.75, 3.05) is 7.11 Å². The van der Waals surface area contributed by atoms with E-state index in [1.807, 2.05) is 36.4 Å². The number of benzene rings is 3. The Morgan fingerprint density at radius 1 is 0.880 bits per heavy atom. The van der Waals surface area contributed by atoms with Crippen LogP contribution in [0, 0.1) is 0 Å². The van der Waals surface area contributed by atoms with Gasteiger partial charge in [-0.25, -0.2) is 0 Å². The summed E-state index contributed by atoms with van der Waals surface area (Å²) in [4.78, 5) is 18.6. The molecular weight excluding hydrogens is 337 g/mol. The maximum Gasteiger partial charge on any atom is 0.356 e. The number of rotatable bonds is 3. The molecule has 0 unspecified atom stereocenters. The molecule has 1 aromatic heterocycles. The van der Waals surface area contributed by atoms with Crippen LogP contribution in [0.25, 0.3) is 27.5 Å². The molecule has 0 saturated heterocycles. The third-order valence-electron chi connectivity index (χ3n) is 4.32. The highest BCUT2D eigenvalue weighted by atomic mass is 31.2. The van der Waals surface area contributed by atoms with Crippen LogP contribution in [0.15, 0.2) is 66.7 Å². The second kappa shape index (κ2) is 5.74. The Hall–Kier alpha value is -2.59. The zero-order valence-corrected chi connectivity index (χ0v) is 14.4. The van der Waals surface area contributed by atoms with Crippen LogP contribution in [0.5, 0.6) is 5.75 Å². The summed E-state index contributed by atoms with van der Waals surface area (Å²) in [6.07, 6.45) is 0. The lowest BCUT2D eigenvalue weighted by molar-refractivity contribution is 0.387. The van der Waals surface area contributed by atoms with Crippen molar-refractivity contribution in [3.05, 3.63) is 66.7 Å². The van der Waals surface area contributed by atoms with Gasteiger partial charge >= 0.3 is 7.60 Å². The van der Waals surface area contributed by atoms with E-state index in [0.29, 0.717) is 0 Å². The van der Waals surface area contributed by atoms with Gasteiger partial charge in [0.15, 0.2) is 0 Å². The van der Waals surface area contributed by atoms with E-state index in [4.69, 9.17) is 4.74 Å². The van der Waals surface area contributed by atoms with E-state index in [1.54, 1.807) is 19.2 Å². The largest absolute Gasteiger partial charge is 0.497 e. The molecule has 1 heterocycles. The van der Waals surface area contributed by atoms with Crippen LogP contribution in [0.1, 0.15) is 0 Å². The standard InChI is InChI=1S/C19H16NO4P/c1-24-14-8-11-19-17(12-14)16-4-2-3-5-18(16)20(19)13-6-9-15(10-7-13)25(21,22)23/h2-12H,1H3,(H2,21,22,23). The minimum absolute atomic E-state index is 0.0127. The lowest BCUT2D eigenvalue weighted by Gasteiger charge is -2.10. The van der Waals surface area contributed by atoms with Crippen molar-refractivity contribution in [1.29, 1.82) is 0 Å². The van der Waals surface area contributed by atoms with Gasteiger partial charge in [0, 0.05) is 16.5 Å². The minimum Gasteiger partial charge on any atom is -0.497 e. The van der Waals surface area contributed by atoms with Gasteiger partial charge in [-0.2, -0.15) is 0 Å². The summed E-state index contributed by atoms with van der Waals surface area (Å²) < 4.78 is 18.8. The minimum atomic E-state index is -4.25. The maximum atomic E-state index is 11.4. The number of hydrogen-bond acceptors (Lipinski definition) is 2. The Balaban J connectivity index is 2.01. The van der Waals surface area contributed by atoms with Crippen molar-refractivity contribution in [2.24, 2.45) is 0 Å². The smallest absolute Gasteiger partial charge is 0.356 e. The number of fused-ring (bicyclic) bond motifs is 3. The number of aromatic nitrogens is 1. The molecular formula is C19H16NO4P. The van der Waals surface area contributed by atoms with E-state index in [1.165, 1.54) is 12.1 Å². The van der Waals surface area contributed by atoms with Gasteiger partial charge in [0.25, 0.3) is 0 Å². The molecule has 0 fully saturated rings. The van der Waals surface area contributed by atoms with Crippen molar-refractivity contribution in [3.63, 3.8) is 0 Å². The molecule has 4 aromatic rings. The molecule has 0 amide bonds. The van der Waals surface area contributed by atoms with Crippen molar-refractivity contribution in [1.82, 2.24) is 4.57 Å². The second-order valence-corrected chi connectivity index (χ2v) is 7.40. The van der Waals surface area contributed by atoms with E-state index < -0.39 is 7.60 Å². The number of nitrogens with zero attached hydrogens (tertiary/aromatic N) is 1. The van der Waals surface area contributed by atoms with Crippen LogP contribution < -0.4 is 10.0 Å². The van der Waals surface area contributed by atoms with Crippen molar-refractivity contribution in [3.8, 4) is 11.4 Å². The van der Waals surface area contributed by atoms with Crippen molar-refractivity contribution < 1.29 is 19.1 Å². The number of ether oxygens (including phenoxy) is 1. The third kappa shape index (κ3) is 2.63. The van der Waals surface area contributed by atoms with Crippen LogP contribution in [0.3, 0.4) is 0 Å². The van der Waals surface area contributed by atoms with Crippen molar-refractivity contribution in [2.45, 2.75) is 0 Å². The summed E-state index contributed by atoms with van der Waals surface area (Å²) in [6, 6.07) is 20.3. The highest BCUT2D eigenvalue weighted by Gasteiger charge is 2.17. The third-order valence-corrected chi connectivity index (χ3v) is 5.29. The number of para-hydroxylation sites is 1. The Bertz CT molecular complexity index is 1130. The fraction of sp³-hybridized carbons (Fsp3) is 0.0526. The number of methoxy groups -OCH3 is 1. The molecule has 3 aromatic carbocycles. The predicted molar refractivity (Wildman–Crippen MR) is 99.0 cm³/mol. The summed E-state index contributed by atoms with van der Waals surface area (Å²) in [5.74, 6) is 0.784. The highest BCUT2D eigenvalue weighted by molar-refractivity contribution is 7.60. The summed E-state index contributed by atoms with van der Waals surface area (Å²) in [5.41, 5.74) is 2.87. The predicted octanol–water partition coefficient (Wildman–Crippen LogP) is 3.60. The molecule has 0 aliphatic carbocycles. The molecule has 5 nitrogen and oxygen atoms in total. The van der Waals surface area contributed by atoms with Crippen LogP contribution in [0.2, 0.25) is 0 Å². The fourth-order valence-electron chi connectivity index (χ4n) is 3.15. The SMILES string of the molecule is COc1ccc2c(c1)c1ccccc1n2-c1ccc(P(=O)(O)O)cc1. The molecule has 0 atom stereocenters. The molecule has 0 saturated carbocycles. The lowest BCUT2D eigenvalue weighted by Crippen LogP contribution is -2.04. The van der Waals surface area contributed by atoms with Crippen LogP contribution in [-0.4, -0.2) is 21.5 Å². The van der Waals surface area contributed by atoms with Gasteiger partial charge in [0.05, 0.1) is 23.4 Å². The Morgan fingerprint density at radius 3 is 2.24 bits per heavy atom. The van der Waals surface area contributed by atoms with E-state index in [0.717, 1.165) is 33.2 Å². The van der Waals surface area contributed by atoms with E-state index >= 15 is 0 Å². The molecule has 2 N–H and O–H groups in total. The summed E-state index contributed by atoms with van der Waals surface area (Å²) in [5, 5.41) is 2.17. The Labute approximate surface area is 144 Å². The van der Waals surface area contributed by atoms with Gasteiger partial charge in [0.2, 0.25) is 0 Å². The molecule has 4 rings (SSSR count). The van der Waals surface area contributed by atoms with E-state index in [2.05, 4.69) is 10.6 Å². The van der Waals surface area contributed by atoms with Gasteiger partial charge in [-0.1, -0.05) is 18.2 Å². The molecule has 0 bridgehead atoms. The molecule has 0 radical (unpaired) electrons. The molecule has 25 heavy (non-hydrogen) atoms. The summed E-state index contributed by atoms with van der Waals surface area (Å²) in [6.45, 7) is 0. The molecule has 0 spiro atoms. The fourth-order valence-corrected chi connectivity index (χ4v) is 3.69. The van der Waals surface area contributed by atoms with Crippen molar-refractivity contribution >= 4 is 34.7 Å². The quantitative estimate of drug-likeness (QED) is 0.552. The van der Waals surface area contributed by atoms with Crippen LogP contribution >= 0.6 is 7.60 Å². The zero-order valence-electron chi connectivity index (χ0n) is 13.5. The number of hydrogen-bond donors (Lipinski definition) is 2. The Morgan fingerprint density at radius 2 is 1.56 bits per heavy atom. The first-order valence-electron chi connectivity index (χ1n) is 7.73. The van der Waals surface area contributed by atoms with Gasteiger partial charge in [-0.05, 0) is 48.5 Å². The topological polar surface area (TPSA) is 71.7 Å². The normalized spacial score (nSPS) is 12.0. The molecule has 0 aliphatic heterocycles. The lowest BCUT2D eigenvalue weighted by atomic mass is 10.1. The average Bonchev–Trinajstić information content (AvgIpc) is 2.94. The first-order chi connectivity index (χ1) is 12.0. The van der Waals surface area contributed by atoms with E-state index in [9.17, 15) is 14.4 Å². The van der Waals surface area contributed by atoms with Gasteiger partial charge < -0.3 is 19.1 Å². The monoisotopic (exact) mass is 353 g/mol. The second-order valence-electron chi connectivity index (χ2n) is 5.80. The average molecular weight is 353 g/mol. The molecule has 0 aliphatic rings. The highest BCUT2D eigenvalue weighted by Crippen LogP contribution is 2.36. The molecule has 6 heteroatoms. The first kappa shape index (κ1) is 15.9. The maximum absolute atomic E-state index is 11.4. The summed E-state index contributed by atoms with van der Waals surface area (Å²) >= 11 is 0. The van der Waals surface area contributed by atoms with Gasteiger partial charge in [0.1, 0.15) is 5.75 Å². The first-order valence-corrected chi connectivity index (χ1v) is 9.34. The van der Waals surface area contributed by atoms with Crippen LogP contribution in [-0.2, 0) is 4.57 Å². The summed E-state index contributed by atoms with van der Waals surface area (Å²) in [7, 11) is -2.61.